The first kappa shape index (κ1) is 10.2. The van der Waals surface area contributed by atoms with Gasteiger partial charge in [0.05, 0.1) is 0 Å². The molecule has 2 heteroatoms. The minimum Gasteiger partial charge on any atom is -0.380 e. The topological polar surface area (TPSA) is 12.0 Å². The summed E-state index contributed by atoms with van der Waals surface area (Å²) in [6.07, 6.45) is 0. The first-order valence-electron chi connectivity index (χ1n) is 4.79. The average molecular weight is 261 g/mol. The Labute approximate surface area is 98.3 Å². The van der Waals surface area contributed by atoms with Crippen molar-refractivity contribution in [1.29, 1.82) is 0 Å². The summed E-state index contributed by atoms with van der Waals surface area (Å²) in [5.41, 5.74) is 2.29. The first-order valence-corrected chi connectivity index (χ1v) is 5.59. The number of anilines is 1. The summed E-state index contributed by atoms with van der Waals surface area (Å²) < 4.78 is 1.05. The average Bonchev–Trinajstić information content (AvgIpc) is 2.30. The third-order valence-corrected chi connectivity index (χ3v) is 2.59. The minimum atomic E-state index is 0.832. The maximum absolute atomic E-state index is 3.38. The van der Waals surface area contributed by atoms with E-state index in [2.05, 4.69) is 39.4 Å². The first-order chi connectivity index (χ1) is 7.34. The molecule has 2 rings (SSSR count). The summed E-state index contributed by atoms with van der Waals surface area (Å²) in [5, 5.41) is 3.31. The normalized spacial score (nSPS) is 9.93. The molecule has 0 unspecified atom stereocenters. The zero-order valence-electron chi connectivity index (χ0n) is 8.20. The molecule has 0 saturated heterocycles. The molecule has 0 aromatic heterocycles. The number of nitrogens with one attached hydrogen (secondary N) is 1. The van der Waals surface area contributed by atoms with E-state index in [0.717, 1.165) is 16.7 Å². The van der Waals surface area contributed by atoms with Gasteiger partial charge in [-0.25, -0.2) is 0 Å². The van der Waals surface area contributed by atoms with E-state index >= 15 is 0 Å². The van der Waals surface area contributed by atoms with Crippen LogP contribution in [-0.4, -0.2) is 0 Å². The van der Waals surface area contributed by atoms with Gasteiger partial charge in [-0.15, -0.1) is 0 Å². The molecular formula is C13H11BrN. The van der Waals surface area contributed by atoms with Crippen LogP contribution in [0.25, 0.3) is 0 Å². The molecule has 0 atom stereocenters. The van der Waals surface area contributed by atoms with E-state index in [1.165, 1.54) is 5.56 Å². The van der Waals surface area contributed by atoms with Crippen molar-refractivity contribution >= 4 is 21.6 Å². The number of hydrogen-bond donors (Lipinski definition) is 1. The maximum atomic E-state index is 3.38. The Bertz CT molecular complexity index is 408. The minimum absolute atomic E-state index is 0.832. The van der Waals surface area contributed by atoms with Crippen LogP contribution in [0.3, 0.4) is 0 Å². The monoisotopic (exact) mass is 260 g/mol. The second-order valence-corrected chi connectivity index (χ2v) is 4.18. The Morgan fingerprint density at radius 2 is 1.87 bits per heavy atom. The number of benzene rings is 2. The molecule has 0 bridgehead atoms. The van der Waals surface area contributed by atoms with Gasteiger partial charge < -0.3 is 5.32 Å². The van der Waals surface area contributed by atoms with Gasteiger partial charge in [-0.05, 0) is 23.8 Å². The van der Waals surface area contributed by atoms with Crippen LogP contribution in [0.5, 0.6) is 0 Å². The molecule has 0 spiro atoms. The van der Waals surface area contributed by atoms with Crippen LogP contribution in [-0.2, 0) is 6.54 Å². The van der Waals surface area contributed by atoms with Crippen molar-refractivity contribution < 1.29 is 0 Å². The van der Waals surface area contributed by atoms with E-state index in [1.807, 2.05) is 36.4 Å². The summed E-state index contributed by atoms with van der Waals surface area (Å²) in [6, 6.07) is 19.4. The van der Waals surface area contributed by atoms with Crippen molar-refractivity contribution in [3.05, 3.63) is 64.6 Å². The van der Waals surface area contributed by atoms with E-state index in [0.29, 0.717) is 0 Å². The van der Waals surface area contributed by atoms with Crippen LogP contribution < -0.4 is 5.32 Å². The van der Waals surface area contributed by atoms with E-state index in [4.69, 9.17) is 0 Å². The lowest BCUT2D eigenvalue weighted by atomic mass is 10.2. The zero-order valence-corrected chi connectivity index (χ0v) is 9.79. The van der Waals surface area contributed by atoms with Crippen molar-refractivity contribution in [2.24, 2.45) is 0 Å². The molecule has 0 heterocycles. The molecular weight excluding hydrogens is 250 g/mol. The van der Waals surface area contributed by atoms with E-state index in [9.17, 15) is 0 Å². The van der Waals surface area contributed by atoms with Crippen molar-refractivity contribution in [3.63, 3.8) is 0 Å². The second-order valence-electron chi connectivity index (χ2n) is 3.26. The van der Waals surface area contributed by atoms with Crippen molar-refractivity contribution in [1.82, 2.24) is 0 Å². The quantitative estimate of drug-likeness (QED) is 0.884. The highest BCUT2D eigenvalue weighted by Gasteiger charge is 1.93. The van der Waals surface area contributed by atoms with Gasteiger partial charge in [-0.1, -0.05) is 46.3 Å². The maximum Gasteiger partial charge on any atom is 0.0424 e. The Balaban J connectivity index is 1.96. The summed E-state index contributed by atoms with van der Waals surface area (Å²) in [4.78, 5) is 0. The van der Waals surface area contributed by atoms with Gasteiger partial charge in [0.2, 0.25) is 0 Å². The summed E-state index contributed by atoms with van der Waals surface area (Å²) in [5.74, 6) is 0. The highest BCUT2D eigenvalue weighted by Crippen LogP contribution is 2.14. The molecule has 2 aromatic carbocycles. The molecule has 2 aromatic rings. The number of halogens is 1. The van der Waals surface area contributed by atoms with Crippen LogP contribution in [0.4, 0.5) is 5.69 Å². The van der Waals surface area contributed by atoms with Gasteiger partial charge in [-0.2, -0.15) is 0 Å². The Morgan fingerprint density at radius 3 is 2.53 bits per heavy atom. The summed E-state index contributed by atoms with van der Waals surface area (Å²) in [6.45, 7) is 0.832. The van der Waals surface area contributed by atoms with E-state index < -0.39 is 0 Å². The summed E-state index contributed by atoms with van der Waals surface area (Å²) in [7, 11) is 0. The van der Waals surface area contributed by atoms with Crippen molar-refractivity contribution in [3.8, 4) is 0 Å². The van der Waals surface area contributed by atoms with Crippen LogP contribution in [0.15, 0.2) is 53.0 Å². The third kappa shape index (κ3) is 3.10. The lowest BCUT2D eigenvalue weighted by Crippen LogP contribution is -1.98. The number of rotatable bonds is 3. The fourth-order valence-corrected chi connectivity index (χ4v) is 1.56. The lowest BCUT2D eigenvalue weighted by molar-refractivity contribution is 1.15. The third-order valence-electron chi connectivity index (χ3n) is 2.10. The van der Waals surface area contributed by atoms with Crippen LogP contribution in [0.2, 0.25) is 0 Å². The molecule has 1 N–H and O–H groups in total. The van der Waals surface area contributed by atoms with Crippen LogP contribution >= 0.6 is 15.9 Å². The van der Waals surface area contributed by atoms with Gasteiger partial charge >= 0.3 is 0 Å². The van der Waals surface area contributed by atoms with Crippen molar-refractivity contribution in [2.75, 3.05) is 5.32 Å². The van der Waals surface area contributed by atoms with Gasteiger partial charge in [-0.3, -0.25) is 0 Å². The molecule has 1 nitrogen and oxygen atoms in total. The van der Waals surface area contributed by atoms with Crippen LogP contribution in [0, 0.1) is 6.07 Å². The molecule has 0 aliphatic carbocycles. The van der Waals surface area contributed by atoms with Gasteiger partial charge in [0.15, 0.2) is 0 Å². The highest BCUT2D eigenvalue weighted by molar-refractivity contribution is 9.10. The number of hydrogen-bond acceptors (Lipinski definition) is 1. The fourth-order valence-electron chi connectivity index (χ4n) is 1.31. The van der Waals surface area contributed by atoms with Crippen LogP contribution in [0.1, 0.15) is 5.56 Å². The molecule has 0 amide bonds. The lowest BCUT2D eigenvalue weighted by Gasteiger charge is -2.05. The Hall–Kier alpha value is -1.28. The predicted molar refractivity (Wildman–Crippen MR) is 66.7 cm³/mol. The van der Waals surface area contributed by atoms with Crippen molar-refractivity contribution in [2.45, 2.75) is 6.54 Å². The van der Waals surface area contributed by atoms with Gasteiger partial charge in [0.1, 0.15) is 0 Å². The summed E-state index contributed by atoms with van der Waals surface area (Å²) >= 11 is 3.38. The SMILES string of the molecule is Brc1c[c]c(NCc2ccccc2)cc1. The molecule has 0 saturated carbocycles. The molecule has 0 aliphatic rings. The highest BCUT2D eigenvalue weighted by atomic mass is 79.9. The smallest absolute Gasteiger partial charge is 0.0424 e. The molecule has 15 heavy (non-hydrogen) atoms. The Kier molecular flexibility index (Phi) is 3.41. The predicted octanol–water partition coefficient (Wildman–Crippen LogP) is 3.86. The van der Waals surface area contributed by atoms with E-state index in [-0.39, 0.29) is 0 Å². The zero-order chi connectivity index (χ0) is 10.5. The molecule has 1 radical (unpaired) electrons. The standard InChI is InChI=1S/C13H11BrN/c14-12-6-8-13(9-7-12)15-10-11-4-2-1-3-5-11/h1-8,15H,10H2. The van der Waals surface area contributed by atoms with Gasteiger partial charge in [0, 0.05) is 22.8 Å². The fraction of sp³-hybridized carbons (Fsp3) is 0.0769. The second kappa shape index (κ2) is 4.99. The van der Waals surface area contributed by atoms with E-state index in [1.54, 1.807) is 0 Å². The molecule has 0 aliphatic heterocycles. The largest absolute Gasteiger partial charge is 0.380 e. The van der Waals surface area contributed by atoms with Gasteiger partial charge in [0.25, 0.3) is 0 Å². The molecule has 0 fully saturated rings. The molecule has 75 valence electrons. The Morgan fingerprint density at radius 1 is 1.07 bits per heavy atom.